The van der Waals surface area contributed by atoms with Crippen molar-refractivity contribution in [1.82, 2.24) is 4.57 Å². The lowest BCUT2D eigenvalue weighted by Gasteiger charge is -2.31. The van der Waals surface area contributed by atoms with E-state index in [0.29, 0.717) is 12.3 Å². The van der Waals surface area contributed by atoms with Gasteiger partial charge in [0.1, 0.15) is 6.54 Å². The molecule has 0 atom stereocenters. The van der Waals surface area contributed by atoms with Gasteiger partial charge in [-0.2, -0.15) is 0 Å². The number of ether oxygens (including phenoxy) is 1. The maximum atomic E-state index is 13.0. The number of para-hydroxylation sites is 1. The van der Waals surface area contributed by atoms with E-state index in [4.69, 9.17) is 4.74 Å². The van der Waals surface area contributed by atoms with Gasteiger partial charge < -0.3 is 9.30 Å². The Morgan fingerprint density at radius 3 is 2.51 bits per heavy atom. The molecule has 1 heterocycles. The SMILES string of the molecule is CCOC(=O)Cn1c(C)c(Sc2ccccc2NS(=O)(=O)c2ccccc2)c2c1CC(C)(C)CC2. The average Bonchev–Trinajstić information content (AvgIpc) is 3.05. The third-order valence-electron chi connectivity index (χ3n) is 6.37. The molecule has 1 aliphatic carbocycles. The summed E-state index contributed by atoms with van der Waals surface area (Å²) in [4.78, 5) is 14.5. The van der Waals surface area contributed by atoms with Crippen LogP contribution in [0.2, 0.25) is 0 Å². The summed E-state index contributed by atoms with van der Waals surface area (Å²) in [7, 11) is -3.72. The number of esters is 1. The summed E-state index contributed by atoms with van der Waals surface area (Å²) in [5.41, 5.74) is 4.11. The number of anilines is 1. The van der Waals surface area contributed by atoms with Gasteiger partial charge in [-0.3, -0.25) is 9.52 Å². The van der Waals surface area contributed by atoms with E-state index in [1.54, 1.807) is 48.2 Å². The van der Waals surface area contributed by atoms with Crippen LogP contribution in [0.3, 0.4) is 0 Å². The third kappa shape index (κ3) is 5.59. The molecule has 4 rings (SSSR count). The lowest BCUT2D eigenvalue weighted by molar-refractivity contribution is -0.143. The van der Waals surface area contributed by atoms with Crippen LogP contribution in [0.5, 0.6) is 0 Å². The normalized spacial score (nSPS) is 14.9. The number of sulfonamides is 1. The van der Waals surface area contributed by atoms with Crippen molar-refractivity contribution in [3.05, 3.63) is 71.5 Å². The molecule has 2 aromatic carbocycles. The van der Waals surface area contributed by atoms with Gasteiger partial charge in [-0.05, 0) is 68.4 Å². The van der Waals surface area contributed by atoms with E-state index in [-0.39, 0.29) is 22.8 Å². The molecular weight excluding hydrogens is 480 g/mol. The highest BCUT2D eigenvalue weighted by atomic mass is 32.2. The van der Waals surface area contributed by atoms with Crippen molar-refractivity contribution in [2.75, 3.05) is 11.3 Å². The van der Waals surface area contributed by atoms with Crippen LogP contribution in [0.25, 0.3) is 0 Å². The van der Waals surface area contributed by atoms with Crippen molar-refractivity contribution in [1.29, 1.82) is 0 Å². The van der Waals surface area contributed by atoms with Crippen LogP contribution < -0.4 is 4.72 Å². The number of nitrogens with zero attached hydrogens (tertiary/aromatic N) is 1. The summed E-state index contributed by atoms with van der Waals surface area (Å²) in [6, 6.07) is 15.8. The number of rotatable bonds is 8. The fourth-order valence-electron chi connectivity index (χ4n) is 4.54. The summed E-state index contributed by atoms with van der Waals surface area (Å²) in [6.07, 6.45) is 2.85. The van der Waals surface area contributed by atoms with Gasteiger partial charge in [-0.15, -0.1) is 0 Å². The monoisotopic (exact) mass is 512 g/mol. The second-order valence-corrected chi connectivity index (χ2v) is 12.3. The van der Waals surface area contributed by atoms with E-state index < -0.39 is 10.0 Å². The average molecular weight is 513 g/mol. The summed E-state index contributed by atoms with van der Waals surface area (Å²) in [6.45, 7) is 8.89. The minimum absolute atomic E-state index is 0.148. The highest BCUT2D eigenvalue weighted by molar-refractivity contribution is 7.99. The Kier molecular flexibility index (Phi) is 7.33. The van der Waals surface area contributed by atoms with Crippen molar-refractivity contribution in [2.45, 2.75) is 68.2 Å². The van der Waals surface area contributed by atoms with Crippen molar-refractivity contribution in [2.24, 2.45) is 5.41 Å². The predicted octanol–water partition coefficient (Wildman–Crippen LogP) is 5.83. The Labute approximate surface area is 212 Å². The van der Waals surface area contributed by atoms with Crippen LogP contribution in [-0.2, 0) is 38.9 Å². The number of benzene rings is 2. The van der Waals surface area contributed by atoms with Crippen molar-refractivity contribution < 1.29 is 17.9 Å². The van der Waals surface area contributed by atoms with Gasteiger partial charge in [0.2, 0.25) is 0 Å². The van der Waals surface area contributed by atoms with Crippen molar-refractivity contribution in [3.63, 3.8) is 0 Å². The number of nitrogens with one attached hydrogen (secondary N) is 1. The summed E-state index contributed by atoms with van der Waals surface area (Å²) < 4.78 is 36.1. The van der Waals surface area contributed by atoms with Gasteiger partial charge >= 0.3 is 5.97 Å². The fourth-order valence-corrected chi connectivity index (χ4v) is 6.90. The van der Waals surface area contributed by atoms with Gasteiger partial charge in [-0.25, -0.2) is 8.42 Å². The first-order valence-corrected chi connectivity index (χ1v) is 14.1. The predicted molar refractivity (Wildman–Crippen MR) is 139 cm³/mol. The highest BCUT2D eigenvalue weighted by Gasteiger charge is 2.32. The number of carbonyl (C=O) groups is 1. The van der Waals surface area contributed by atoms with Gasteiger partial charge in [0.25, 0.3) is 10.0 Å². The van der Waals surface area contributed by atoms with E-state index in [9.17, 15) is 13.2 Å². The molecule has 0 aliphatic heterocycles. The van der Waals surface area contributed by atoms with Crippen LogP contribution in [0.1, 0.15) is 44.1 Å². The number of fused-ring (bicyclic) bond motifs is 1. The molecule has 0 radical (unpaired) electrons. The molecular formula is C27H32N2O4S2. The first kappa shape index (κ1) is 25.4. The molecule has 0 amide bonds. The molecule has 0 bridgehead atoms. The number of carbonyl (C=O) groups excluding carboxylic acids is 1. The third-order valence-corrected chi connectivity index (χ3v) is 9.07. The van der Waals surface area contributed by atoms with E-state index in [2.05, 4.69) is 23.1 Å². The van der Waals surface area contributed by atoms with Crippen LogP contribution in [-0.4, -0.2) is 25.6 Å². The first-order valence-electron chi connectivity index (χ1n) is 11.8. The maximum absolute atomic E-state index is 13.0. The van der Waals surface area contributed by atoms with Gasteiger partial charge in [0.05, 0.1) is 17.2 Å². The summed E-state index contributed by atoms with van der Waals surface area (Å²) >= 11 is 1.55. The molecule has 0 saturated heterocycles. The van der Waals surface area contributed by atoms with E-state index >= 15 is 0 Å². The van der Waals surface area contributed by atoms with Crippen LogP contribution >= 0.6 is 11.8 Å². The topological polar surface area (TPSA) is 77.4 Å². The molecule has 0 unspecified atom stereocenters. The molecule has 1 aromatic heterocycles. The van der Waals surface area contributed by atoms with Crippen molar-refractivity contribution >= 4 is 33.4 Å². The summed E-state index contributed by atoms with van der Waals surface area (Å²) in [5.74, 6) is -0.246. The molecule has 1 N–H and O–H groups in total. The highest BCUT2D eigenvalue weighted by Crippen LogP contribution is 2.45. The lowest BCUT2D eigenvalue weighted by atomic mass is 9.77. The Hall–Kier alpha value is -2.71. The molecule has 6 nitrogen and oxygen atoms in total. The fraction of sp³-hybridized carbons (Fsp3) is 0.370. The number of hydrogen-bond acceptors (Lipinski definition) is 5. The summed E-state index contributed by atoms with van der Waals surface area (Å²) in [5, 5.41) is 0. The molecule has 0 saturated carbocycles. The number of aromatic nitrogens is 1. The van der Waals surface area contributed by atoms with Gasteiger partial charge in [-0.1, -0.05) is 55.9 Å². The molecule has 8 heteroatoms. The minimum atomic E-state index is -3.72. The zero-order valence-electron chi connectivity index (χ0n) is 20.6. The standard InChI is InChI=1S/C27H32N2O4S2/c1-5-33-25(30)18-29-19(2)26(21-15-16-27(3,4)17-23(21)29)34-24-14-10-9-13-22(24)28-35(31,32)20-11-7-6-8-12-20/h6-14,28H,5,15-18H2,1-4H3. The quantitative estimate of drug-likeness (QED) is 0.385. The van der Waals surface area contributed by atoms with Gasteiger partial charge in [0.15, 0.2) is 0 Å². The zero-order chi connectivity index (χ0) is 25.2. The Bertz CT molecular complexity index is 1330. The van der Waals surface area contributed by atoms with Crippen LogP contribution in [0, 0.1) is 12.3 Å². The van der Waals surface area contributed by atoms with Gasteiger partial charge in [0, 0.05) is 21.2 Å². The molecule has 35 heavy (non-hydrogen) atoms. The smallest absolute Gasteiger partial charge is 0.325 e. The molecule has 3 aromatic rings. The van der Waals surface area contributed by atoms with Crippen LogP contribution in [0.15, 0.2) is 69.3 Å². The Morgan fingerprint density at radius 2 is 1.80 bits per heavy atom. The molecule has 1 aliphatic rings. The number of hydrogen-bond donors (Lipinski definition) is 1. The maximum Gasteiger partial charge on any atom is 0.325 e. The van der Waals surface area contributed by atoms with E-state index in [0.717, 1.165) is 34.7 Å². The van der Waals surface area contributed by atoms with E-state index in [1.165, 1.54) is 11.3 Å². The lowest BCUT2D eigenvalue weighted by Crippen LogP contribution is -2.25. The first-order chi connectivity index (χ1) is 16.6. The van der Waals surface area contributed by atoms with Crippen LogP contribution in [0.4, 0.5) is 5.69 Å². The molecule has 0 spiro atoms. The molecule has 186 valence electrons. The second kappa shape index (κ2) is 10.1. The zero-order valence-corrected chi connectivity index (χ0v) is 22.3. The minimum Gasteiger partial charge on any atom is -0.465 e. The van der Waals surface area contributed by atoms with E-state index in [1.807, 2.05) is 32.0 Å². The molecule has 0 fully saturated rings. The largest absolute Gasteiger partial charge is 0.465 e. The Morgan fingerprint density at radius 1 is 1.11 bits per heavy atom. The van der Waals surface area contributed by atoms with Crippen molar-refractivity contribution in [3.8, 4) is 0 Å². The Balaban J connectivity index is 1.71. The second-order valence-electron chi connectivity index (χ2n) is 9.59.